The number of hydrogen-bond acceptors (Lipinski definition) is 1. The molecule has 0 saturated carbocycles. The Kier molecular flexibility index (Phi) is 3.71. The van der Waals surface area contributed by atoms with Crippen molar-refractivity contribution in [3.05, 3.63) is 81.9 Å². The van der Waals surface area contributed by atoms with Crippen molar-refractivity contribution < 1.29 is 0 Å². The van der Waals surface area contributed by atoms with E-state index < -0.39 is 0 Å². The highest BCUT2D eigenvalue weighted by Crippen LogP contribution is 2.31. The van der Waals surface area contributed by atoms with Crippen LogP contribution in [-0.4, -0.2) is 0 Å². The normalized spacial score (nSPS) is 12.6. The highest BCUT2D eigenvalue weighted by Gasteiger charge is 2.15. The standard InChI is InChI=1S/C19H18ClN/c1-12-7-9-18(17-6-4-3-5-15(12)17)19(21)16-10-8-14(20)11-13(16)2/h3-11,19H,21H2,1-2H3. The van der Waals surface area contributed by atoms with E-state index in [4.69, 9.17) is 17.3 Å². The van der Waals surface area contributed by atoms with Crippen LogP contribution in [0.3, 0.4) is 0 Å². The zero-order valence-electron chi connectivity index (χ0n) is 12.2. The lowest BCUT2D eigenvalue weighted by atomic mass is 9.90. The molecule has 1 atom stereocenters. The molecule has 2 heteroatoms. The van der Waals surface area contributed by atoms with Gasteiger partial charge in [0.25, 0.3) is 0 Å². The second kappa shape index (κ2) is 5.51. The van der Waals surface area contributed by atoms with Crippen molar-refractivity contribution in [2.75, 3.05) is 0 Å². The van der Waals surface area contributed by atoms with Gasteiger partial charge in [0.05, 0.1) is 6.04 Å². The van der Waals surface area contributed by atoms with Gasteiger partial charge < -0.3 is 5.73 Å². The molecule has 0 heterocycles. The van der Waals surface area contributed by atoms with Crippen molar-refractivity contribution in [3.8, 4) is 0 Å². The van der Waals surface area contributed by atoms with Crippen LogP contribution in [0.2, 0.25) is 5.02 Å². The molecular formula is C19H18ClN. The lowest BCUT2D eigenvalue weighted by Crippen LogP contribution is -2.13. The van der Waals surface area contributed by atoms with Gasteiger partial charge in [-0.05, 0) is 59.0 Å². The summed E-state index contributed by atoms with van der Waals surface area (Å²) in [5, 5.41) is 3.23. The van der Waals surface area contributed by atoms with Crippen molar-refractivity contribution in [1.82, 2.24) is 0 Å². The topological polar surface area (TPSA) is 26.0 Å². The van der Waals surface area contributed by atoms with Crippen LogP contribution in [0.1, 0.15) is 28.3 Å². The third-order valence-electron chi connectivity index (χ3n) is 4.08. The predicted molar refractivity (Wildman–Crippen MR) is 90.9 cm³/mol. The number of aryl methyl sites for hydroxylation is 2. The van der Waals surface area contributed by atoms with Crippen LogP contribution >= 0.6 is 11.6 Å². The quantitative estimate of drug-likeness (QED) is 0.694. The maximum absolute atomic E-state index is 6.54. The van der Waals surface area contributed by atoms with Gasteiger partial charge >= 0.3 is 0 Å². The summed E-state index contributed by atoms with van der Waals surface area (Å²) < 4.78 is 0. The molecule has 0 aliphatic heterocycles. The van der Waals surface area contributed by atoms with E-state index in [0.717, 1.165) is 21.7 Å². The Labute approximate surface area is 130 Å². The Morgan fingerprint density at radius 3 is 2.19 bits per heavy atom. The number of nitrogens with two attached hydrogens (primary N) is 1. The minimum atomic E-state index is -0.146. The number of halogens is 1. The zero-order valence-corrected chi connectivity index (χ0v) is 13.0. The van der Waals surface area contributed by atoms with Gasteiger partial charge in [-0.3, -0.25) is 0 Å². The molecule has 1 nitrogen and oxygen atoms in total. The number of hydrogen-bond donors (Lipinski definition) is 1. The Morgan fingerprint density at radius 2 is 1.48 bits per heavy atom. The van der Waals surface area contributed by atoms with Gasteiger partial charge in [-0.2, -0.15) is 0 Å². The van der Waals surface area contributed by atoms with E-state index in [1.54, 1.807) is 0 Å². The third kappa shape index (κ3) is 2.55. The molecule has 21 heavy (non-hydrogen) atoms. The summed E-state index contributed by atoms with van der Waals surface area (Å²) in [5.41, 5.74) is 11.2. The molecule has 0 fully saturated rings. The third-order valence-corrected chi connectivity index (χ3v) is 4.31. The molecule has 0 aliphatic rings. The maximum atomic E-state index is 6.54. The fourth-order valence-electron chi connectivity index (χ4n) is 2.90. The molecule has 0 saturated heterocycles. The Morgan fingerprint density at radius 1 is 0.810 bits per heavy atom. The van der Waals surface area contributed by atoms with E-state index in [2.05, 4.69) is 50.2 Å². The molecule has 3 aromatic carbocycles. The van der Waals surface area contributed by atoms with Crippen LogP contribution in [0, 0.1) is 13.8 Å². The predicted octanol–water partition coefficient (Wildman–Crippen LogP) is 5.16. The molecule has 0 aromatic heterocycles. The van der Waals surface area contributed by atoms with E-state index in [9.17, 15) is 0 Å². The summed E-state index contributed by atoms with van der Waals surface area (Å²) in [6, 6.07) is 18.4. The van der Waals surface area contributed by atoms with E-state index in [-0.39, 0.29) is 6.04 Å². The molecule has 0 aliphatic carbocycles. The second-order valence-corrected chi connectivity index (χ2v) is 5.93. The van der Waals surface area contributed by atoms with Crippen molar-refractivity contribution in [2.45, 2.75) is 19.9 Å². The minimum Gasteiger partial charge on any atom is -0.320 e. The highest BCUT2D eigenvalue weighted by atomic mass is 35.5. The average Bonchev–Trinajstić information content (AvgIpc) is 2.47. The summed E-state index contributed by atoms with van der Waals surface area (Å²) in [6.45, 7) is 4.18. The molecule has 3 aromatic rings. The fourth-order valence-corrected chi connectivity index (χ4v) is 3.13. The number of benzene rings is 3. The van der Waals surface area contributed by atoms with Crippen LogP contribution < -0.4 is 5.73 Å². The first-order valence-corrected chi connectivity index (χ1v) is 7.45. The monoisotopic (exact) mass is 295 g/mol. The number of fused-ring (bicyclic) bond motifs is 1. The molecular weight excluding hydrogens is 278 g/mol. The first-order valence-electron chi connectivity index (χ1n) is 7.08. The summed E-state index contributed by atoms with van der Waals surface area (Å²) in [4.78, 5) is 0. The SMILES string of the molecule is Cc1cc(Cl)ccc1C(N)c1ccc(C)c2ccccc12. The smallest absolute Gasteiger partial charge is 0.0560 e. The van der Waals surface area contributed by atoms with Gasteiger partial charge in [-0.15, -0.1) is 0 Å². The number of rotatable bonds is 2. The summed E-state index contributed by atoms with van der Waals surface area (Å²) in [6.07, 6.45) is 0. The van der Waals surface area contributed by atoms with Crippen LogP contribution in [0.5, 0.6) is 0 Å². The first kappa shape index (κ1) is 14.1. The van der Waals surface area contributed by atoms with Crippen molar-refractivity contribution in [1.29, 1.82) is 0 Å². The van der Waals surface area contributed by atoms with Gasteiger partial charge in [-0.25, -0.2) is 0 Å². The fraction of sp³-hybridized carbons (Fsp3) is 0.158. The zero-order chi connectivity index (χ0) is 15.0. The molecule has 0 radical (unpaired) electrons. The highest BCUT2D eigenvalue weighted by molar-refractivity contribution is 6.30. The van der Waals surface area contributed by atoms with Crippen molar-refractivity contribution >= 4 is 22.4 Å². The van der Waals surface area contributed by atoms with Gasteiger partial charge in [0.15, 0.2) is 0 Å². The Bertz CT molecular complexity index is 808. The van der Waals surface area contributed by atoms with E-state index >= 15 is 0 Å². The van der Waals surface area contributed by atoms with Crippen LogP contribution in [-0.2, 0) is 0 Å². The largest absolute Gasteiger partial charge is 0.320 e. The van der Waals surface area contributed by atoms with Gasteiger partial charge in [0, 0.05) is 5.02 Å². The van der Waals surface area contributed by atoms with E-state index in [1.807, 2.05) is 18.2 Å². The Hall–Kier alpha value is -1.83. The lowest BCUT2D eigenvalue weighted by Gasteiger charge is -2.18. The molecule has 0 bridgehead atoms. The molecule has 1 unspecified atom stereocenters. The second-order valence-electron chi connectivity index (χ2n) is 5.50. The van der Waals surface area contributed by atoms with Crippen molar-refractivity contribution in [3.63, 3.8) is 0 Å². The summed E-state index contributed by atoms with van der Waals surface area (Å²) >= 11 is 6.04. The lowest BCUT2D eigenvalue weighted by molar-refractivity contribution is 0.870. The van der Waals surface area contributed by atoms with Gasteiger partial charge in [0.2, 0.25) is 0 Å². The maximum Gasteiger partial charge on any atom is 0.0560 e. The first-order chi connectivity index (χ1) is 10.1. The van der Waals surface area contributed by atoms with E-state index in [0.29, 0.717) is 0 Å². The molecule has 0 spiro atoms. The average molecular weight is 296 g/mol. The molecule has 2 N–H and O–H groups in total. The minimum absolute atomic E-state index is 0.146. The van der Waals surface area contributed by atoms with Crippen molar-refractivity contribution in [2.24, 2.45) is 5.73 Å². The summed E-state index contributed by atoms with van der Waals surface area (Å²) in [7, 11) is 0. The van der Waals surface area contributed by atoms with Crippen LogP contribution in [0.15, 0.2) is 54.6 Å². The van der Waals surface area contributed by atoms with E-state index in [1.165, 1.54) is 16.3 Å². The Balaban J connectivity index is 2.18. The molecule has 0 amide bonds. The van der Waals surface area contributed by atoms with Crippen LogP contribution in [0.25, 0.3) is 10.8 Å². The molecule has 106 valence electrons. The van der Waals surface area contributed by atoms with Gasteiger partial charge in [0.1, 0.15) is 0 Å². The summed E-state index contributed by atoms with van der Waals surface area (Å²) in [5.74, 6) is 0. The van der Waals surface area contributed by atoms with Gasteiger partial charge in [-0.1, -0.05) is 54.1 Å². The van der Waals surface area contributed by atoms with Crippen LogP contribution in [0.4, 0.5) is 0 Å². The molecule has 3 rings (SSSR count).